The fraction of sp³-hybridized carbons (Fsp3) is 0.417. The van der Waals surface area contributed by atoms with Crippen LogP contribution in [0.15, 0.2) is 24.3 Å². The van der Waals surface area contributed by atoms with Crippen molar-refractivity contribution >= 4 is 23.4 Å². The smallest absolute Gasteiger partial charge is 0.415 e. The van der Waals surface area contributed by atoms with E-state index in [1.54, 1.807) is 17.0 Å². The van der Waals surface area contributed by atoms with Crippen LogP contribution in [0.25, 0.3) is 0 Å². The molecule has 2 saturated heterocycles. The molecular formula is C12H13ClN2O2. The maximum absolute atomic E-state index is 11.9. The molecule has 1 unspecified atom stereocenters. The summed E-state index contributed by atoms with van der Waals surface area (Å²) in [7, 11) is 0. The van der Waals surface area contributed by atoms with Gasteiger partial charge in [0.1, 0.15) is 5.60 Å². The Kier molecular flexibility index (Phi) is 2.49. The lowest BCUT2D eigenvalue weighted by atomic mass is 10.0. The Morgan fingerprint density at radius 3 is 2.76 bits per heavy atom. The summed E-state index contributed by atoms with van der Waals surface area (Å²) in [5.41, 5.74) is 0.500. The quantitative estimate of drug-likeness (QED) is 0.832. The van der Waals surface area contributed by atoms with E-state index in [1.165, 1.54) is 0 Å². The van der Waals surface area contributed by atoms with Crippen molar-refractivity contribution in [3.8, 4) is 0 Å². The van der Waals surface area contributed by atoms with Crippen molar-refractivity contribution in [2.45, 2.75) is 12.0 Å². The van der Waals surface area contributed by atoms with E-state index in [9.17, 15) is 4.79 Å². The summed E-state index contributed by atoms with van der Waals surface area (Å²) in [5.74, 6) is 0. The van der Waals surface area contributed by atoms with Crippen molar-refractivity contribution in [3.63, 3.8) is 0 Å². The Morgan fingerprint density at radius 2 is 2.12 bits per heavy atom. The predicted molar refractivity (Wildman–Crippen MR) is 65.5 cm³/mol. The normalized spacial score (nSPS) is 27.8. The van der Waals surface area contributed by atoms with Crippen molar-refractivity contribution in [1.29, 1.82) is 0 Å². The third-order valence-electron chi connectivity index (χ3n) is 3.31. The molecule has 1 amide bonds. The number of carbonyl (C=O) groups is 1. The Labute approximate surface area is 104 Å². The third kappa shape index (κ3) is 1.87. The Hall–Kier alpha value is -1.26. The van der Waals surface area contributed by atoms with E-state index >= 15 is 0 Å². The van der Waals surface area contributed by atoms with Gasteiger partial charge in [-0.1, -0.05) is 11.6 Å². The van der Waals surface area contributed by atoms with E-state index in [-0.39, 0.29) is 11.7 Å². The molecular weight excluding hydrogens is 240 g/mol. The van der Waals surface area contributed by atoms with Crippen LogP contribution in [-0.2, 0) is 4.74 Å². The summed E-state index contributed by atoms with van der Waals surface area (Å²) in [4.78, 5) is 13.5. The zero-order chi connectivity index (χ0) is 11.9. The summed E-state index contributed by atoms with van der Waals surface area (Å²) in [6, 6.07) is 7.24. The molecule has 2 aliphatic rings. The van der Waals surface area contributed by atoms with Crippen molar-refractivity contribution < 1.29 is 9.53 Å². The lowest BCUT2D eigenvalue weighted by molar-refractivity contribution is 0.0733. The minimum atomic E-state index is -0.337. The SMILES string of the molecule is O=C1OC2(CCNC2)CN1c1ccc(Cl)cc1. The fourth-order valence-corrected chi connectivity index (χ4v) is 2.51. The topological polar surface area (TPSA) is 41.6 Å². The van der Waals surface area contributed by atoms with E-state index < -0.39 is 0 Å². The second-order valence-electron chi connectivity index (χ2n) is 4.54. The monoisotopic (exact) mass is 252 g/mol. The molecule has 1 spiro atoms. The van der Waals surface area contributed by atoms with Crippen LogP contribution in [0.5, 0.6) is 0 Å². The van der Waals surface area contributed by atoms with Gasteiger partial charge >= 0.3 is 6.09 Å². The zero-order valence-corrected chi connectivity index (χ0v) is 10.0. The number of benzene rings is 1. The summed E-state index contributed by atoms with van der Waals surface area (Å²) in [6.45, 7) is 2.25. The molecule has 0 aliphatic carbocycles. The molecule has 17 heavy (non-hydrogen) atoms. The van der Waals surface area contributed by atoms with Crippen molar-refractivity contribution in [2.75, 3.05) is 24.5 Å². The average Bonchev–Trinajstić information content (AvgIpc) is 2.88. The number of carbonyl (C=O) groups excluding carboxylic acids is 1. The number of anilines is 1. The van der Waals surface area contributed by atoms with Crippen LogP contribution in [0.2, 0.25) is 5.02 Å². The molecule has 1 aromatic rings. The summed E-state index contributed by atoms with van der Waals surface area (Å²) < 4.78 is 5.50. The number of nitrogens with one attached hydrogen (secondary N) is 1. The highest BCUT2D eigenvalue weighted by molar-refractivity contribution is 6.30. The number of hydrogen-bond acceptors (Lipinski definition) is 3. The maximum atomic E-state index is 11.9. The average molecular weight is 253 g/mol. The molecule has 4 nitrogen and oxygen atoms in total. The van der Waals surface area contributed by atoms with Crippen molar-refractivity contribution in [2.24, 2.45) is 0 Å². The highest BCUT2D eigenvalue weighted by Crippen LogP contribution is 2.32. The van der Waals surface area contributed by atoms with Crippen LogP contribution in [0, 0.1) is 0 Å². The van der Waals surface area contributed by atoms with Gasteiger partial charge in [0.15, 0.2) is 0 Å². The number of nitrogens with zero attached hydrogens (tertiary/aromatic N) is 1. The van der Waals surface area contributed by atoms with Crippen LogP contribution >= 0.6 is 11.6 Å². The van der Waals surface area contributed by atoms with Gasteiger partial charge in [-0.15, -0.1) is 0 Å². The lowest BCUT2D eigenvalue weighted by Crippen LogP contribution is -2.36. The van der Waals surface area contributed by atoms with Gasteiger partial charge in [0.2, 0.25) is 0 Å². The first-order valence-corrected chi connectivity index (χ1v) is 6.03. The maximum Gasteiger partial charge on any atom is 0.415 e. The van der Waals surface area contributed by atoms with Gasteiger partial charge in [0, 0.05) is 23.7 Å². The van der Waals surface area contributed by atoms with E-state index in [1.807, 2.05) is 12.1 Å². The molecule has 90 valence electrons. The largest absolute Gasteiger partial charge is 0.439 e. The highest BCUT2D eigenvalue weighted by Gasteiger charge is 2.47. The minimum absolute atomic E-state index is 0.268. The van der Waals surface area contributed by atoms with Gasteiger partial charge in [-0.25, -0.2) is 4.79 Å². The molecule has 2 heterocycles. The van der Waals surface area contributed by atoms with Crippen LogP contribution in [0.1, 0.15) is 6.42 Å². The first kappa shape index (κ1) is 10.9. The van der Waals surface area contributed by atoms with Gasteiger partial charge in [-0.05, 0) is 30.8 Å². The third-order valence-corrected chi connectivity index (χ3v) is 3.57. The lowest BCUT2D eigenvalue weighted by Gasteiger charge is -2.19. The molecule has 5 heteroatoms. The molecule has 0 saturated carbocycles. The van der Waals surface area contributed by atoms with Gasteiger partial charge < -0.3 is 10.1 Å². The van der Waals surface area contributed by atoms with Crippen molar-refractivity contribution in [1.82, 2.24) is 5.32 Å². The Balaban J connectivity index is 1.85. The van der Waals surface area contributed by atoms with Crippen LogP contribution in [-0.4, -0.2) is 31.3 Å². The Morgan fingerprint density at radius 1 is 1.35 bits per heavy atom. The van der Waals surface area contributed by atoms with E-state index in [4.69, 9.17) is 16.3 Å². The van der Waals surface area contributed by atoms with Crippen molar-refractivity contribution in [3.05, 3.63) is 29.3 Å². The molecule has 0 aromatic heterocycles. The zero-order valence-electron chi connectivity index (χ0n) is 9.28. The standard InChI is InChI=1S/C12H13ClN2O2/c13-9-1-3-10(4-2-9)15-8-12(17-11(15)16)5-6-14-7-12/h1-4,14H,5-8H2. The minimum Gasteiger partial charge on any atom is -0.439 e. The number of amides is 1. The molecule has 1 aromatic carbocycles. The molecule has 1 N–H and O–H groups in total. The van der Waals surface area contributed by atoms with Gasteiger partial charge in [-0.3, -0.25) is 4.90 Å². The first-order chi connectivity index (χ1) is 8.19. The van der Waals surface area contributed by atoms with Gasteiger partial charge in [-0.2, -0.15) is 0 Å². The summed E-state index contributed by atoms with van der Waals surface area (Å²) >= 11 is 5.83. The second-order valence-corrected chi connectivity index (χ2v) is 4.98. The Bertz CT molecular complexity index is 440. The van der Waals surface area contributed by atoms with E-state index in [0.717, 1.165) is 25.2 Å². The van der Waals surface area contributed by atoms with Crippen LogP contribution < -0.4 is 10.2 Å². The molecule has 2 fully saturated rings. The molecule has 0 radical (unpaired) electrons. The summed E-state index contributed by atoms with van der Waals surface area (Å²) in [5, 5.41) is 3.90. The van der Waals surface area contributed by atoms with Gasteiger partial charge in [0.05, 0.1) is 6.54 Å². The van der Waals surface area contributed by atoms with E-state index in [2.05, 4.69) is 5.32 Å². The van der Waals surface area contributed by atoms with Crippen LogP contribution in [0.4, 0.5) is 10.5 Å². The molecule has 3 rings (SSSR count). The summed E-state index contributed by atoms with van der Waals surface area (Å²) in [6.07, 6.45) is 0.610. The highest BCUT2D eigenvalue weighted by atomic mass is 35.5. The van der Waals surface area contributed by atoms with Crippen LogP contribution in [0.3, 0.4) is 0 Å². The number of rotatable bonds is 1. The van der Waals surface area contributed by atoms with Gasteiger partial charge in [0.25, 0.3) is 0 Å². The molecule has 1 atom stereocenters. The molecule has 2 aliphatic heterocycles. The number of halogens is 1. The number of hydrogen-bond donors (Lipinski definition) is 1. The predicted octanol–water partition coefficient (Wildman–Crippen LogP) is 2.03. The van der Waals surface area contributed by atoms with E-state index in [0.29, 0.717) is 11.6 Å². The molecule has 0 bridgehead atoms. The first-order valence-electron chi connectivity index (χ1n) is 5.65. The number of ether oxygens (including phenoxy) is 1. The fourth-order valence-electron chi connectivity index (χ4n) is 2.39. The second kappa shape index (κ2) is 3.89.